The summed E-state index contributed by atoms with van der Waals surface area (Å²) in [6.45, 7) is 0. The first kappa shape index (κ1) is 13.9. The van der Waals surface area contributed by atoms with Gasteiger partial charge < -0.3 is 10.4 Å². The second kappa shape index (κ2) is 6.06. The van der Waals surface area contributed by atoms with Crippen LogP contribution >= 0.6 is 11.6 Å². The molecule has 1 saturated carbocycles. The van der Waals surface area contributed by atoms with Crippen LogP contribution in [0.1, 0.15) is 37.3 Å². The molecule has 19 heavy (non-hydrogen) atoms. The van der Waals surface area contributed by atoms with E-state index in [0.717, 1.165) is 24.8 Å². The normalized spacial score (nSPS) is 16.5. The highest BCUT2D eigenvalue weighted by molar-refractivity contribution is 6.30. The van der Waals surface area contributed by atoms with Crippen molar-refractivity contribution in [1.82, 2.24) is 5.32 Å². The van der Waals surface area contributed by atoms with Crippen LogP contribution in [0.2, 0.25) is 5.02 Å². The molecule has 0 bridgehead atoms. The predicted molar refractivity (Wildman–Crippen MR) is 71.9 cm³/mol. The smallest absolute Gasteiger partial charge is 0.305 e. The van der Waals surface area contributed by atoms with Crippen LogP contribution in [0, 0.1) is 5.92 Å². The molecule has 1 aromatic rings. The maximum Gasteiger partial charge on any atom is 0.305 e. The molecule has 0 spiro atoms. The molecule has 1 fully saturated rings. The first-order valence-corrected chi connectivity index (χ1v) is 6.71. The Balaban J connectivity index is 2.08. The van der Waals surface area contributed by atoms with Gasteiger partial charge in [0.15, 0.2) is 0 Å². The van der Waals surface area contributed by atoms with Gasteiger partial charge >= 0.3 is 5.97 Å². The SMILES string of the molecule is O=C(O)CC(NC(=O)C1CCC1)c1ccc(Cl)cc1. The van der Waals surface area contributed by atoms with Crippen molar-refractivity contribution in [2.75, 3.05) is 0 Å². The number of halogens is 1. The van der Waals surface area contributed by atoms with Crippen molar-refractivity contribution in [2.24, 2.45) is 5.92 Å². The van der Waals surface area contributed by atoms with Crippen molar-refractivity contribution < 1.29 is 14.7 Å². The number of carbonyl (C=O) groups excluding carboxylic acids is 1. The number of amides is 1. The van der Waals surface area contributed by atoms with Gasteiger partial charge in [0, 0.05) is 10.9 Å². The zero-order valence-corrected chi connectivity index (χ0v) is 11.2. The quantitative estimate of drug-likeness (QED) is 0.872. The minimum atomic E-state index is -0.936. The fourth-order valence-corrected chi connectivity index (χ4v) is 2.21. The summed E-state index contributed by atoms with van der Waals surface area (Å²) in [6, 6.07) is 6.39. The molecular formula is C14H16ClNO3. The number of carboxylic acids is 1. The zero-order chi connectivity index (χ0) is 13.8. The van der Waals surface area contributed by atoms with E-state index in [4.69, 9.17) is 16.7 Å². The van der Waals surface area contributed by atoms with E-state index >= 15 is 0 Å². The van der Waals surface area contributed by atoms with E-state index in [-0.39, 0.29) is 18.2 Å². The lowest BCUT2D eigenvalue weighted by Gasteiger charge is -2.27. The average molecular weight is 282 g/mol. The van der Waals surface area contributed by atoms with E-state index < -0.39 is 12.0 Å². The fourth-order valence-electron chi connectivity index (χ4n) is 2.08. The van der Waals surface area contributed by atoms with Gasteiger partial charge in [-0.2, -0.15) is 0 Å². The first-order valence-electron chi connectivity index (χ1n) is 6.34. The summed E-state index contributed by atoms with van der Waals surface area (Å²) in [6.07, 6.45) is 2.74. The molecule has 1 atom stereocenters. The van der Waals surface area contributed by atoms with E-state index in [1.54, 1.807) is 24.3 Å². The summed E-state index contributed by atoms with van der Waals surface area (Å²) >= 11 is 5.81. The second-order valence-corrected chi connectivity index (χ2v) is 5.27. The van der Waals surface area contributed by atoms with Gasteiger partial charge in [-0.05, 0) is 30.5 Å². The number of benzene rings is 1. The predicted octanol–water partition coefficient (Wildman–Crippen LogP) is 2.77. The molecule has 2 rings (SSSR count). The highest BCUT2D eigenvalue weighted by Gasteiger charge is 2.28. The number of nitrogens with one attached hydrogen (secondary N) is 1. The molecule has 0 aliphatic heterocycles. The lowest BCUT2D eigenvalue weighted by atomic mass is 9.84. The summed E-state index contributed by atoms with van der Waals surface area (Å²) in [4.78, 5) is 22.8. The van der Waals surface area contributed by atoms with Crippen LogP contribution in [0.3, 0.4) is 0 Å². The van der Waals surface area contributed by atoms with Crippen molar-refractivity contribution in [3.05, 3.63) is 34.9 Å². The Morgan fingerprint density at radius 2 is 1.95 bits per heavy atom. The van der Waals surface area contributed by atoms with E-state index in [1.807, 2.05) is 0 Å². The Bertz CT molecular complexity index is 468. The van der Waals surface area contributed by atoms with E-state index in [0.29, 0.717) is 5.02 Å². The lowest BCUT2D eigenvalue weighted by Crippen LogP contribution is -2.37. The van der Waals surface area contributed by atoms with Crippen LogP contribution in [0.25, 0.3) is 0 Å². The third-order valence-electron chi connectivity index (χ3n) is 3.44. The van der Waals surface area contributed by atoms with Gasteiger partial charge in [0.1, 0.15) is 0 Å². The molecule has 1 aromatic carbocycles. The molecule has 102 valence electrons. The monoisotopic (exact) mass is 281 g/mol. The van der Waals surface area contributed by atoms with Crippen molar-refractivity contribution in [1.29, 1.82) is 0 Å². The van der Waals surface area contributed by atoms with Crippen LogP contribution in [0.5, 0.6) is 0 Å². The van der Waals surface area contributed by atoms with Gasteiger partial charge in [0.25, 0.3) is 0 Å². The molecule has 0 saturated heterocycles. The lowest BCUT2D eigenvalue weighted by molar-refractivity contribution is -0.138. The largest absolute Gasteiger partial charge is 0.481 e. The summed E-state index contributed by atoms with van der Waals surface area (Å²) in [5, 5.41) is 12.4. The molecule has 1 unspecified atom stereocenters. The Morgan fingerprint density at radius 3 is 2.42 bits per heavy atom. The number of aliphatic carboxylic acids is 1. The van der Waals surface area contributed by atoms with E-state index in [2.05, 4.69) is 5.32 Å². The van der Waals surface area contributed by atoms with E-state index in [1.165, 1.54) is 0 Å². The van der Waals surface area contributed by atoms with Gasteiger partial charge in [0.05, 0.1) is 12.5 Å². The molecule has 0 radical (unpaired) electrons. The van der Waals surface area contributed by atoms with Crippen LogP contribution in [0.15, 0.2) is 24.3 Å². The van der Waals surface area contributed by atoms with Crippen molar-refractivity contribution in [2.45, 2.75) is 31.7 Å². The fraction of sp³-hybridized carbons (Fsp3) is 0.429. The van der Waals surface area contributed by atoms with Crippen LogP contribution in [0.4, 0.5) is 0 Å². The van der Waals surface area contributed by atoms with Crippen molar-refractivity contribution >= 4 is 23.5 Å². The molecule has 0 aromatic heterocycles. The third-order valence-corrected chi connectivity index (χ3v) is 3.70. The van der Waals surface area contributed by atoms with Crippen LogP contribution < -0.4 is 5.32 Å². The van der Waals surface area contributed by atoms with Crippen molar-refractivity contribution in [3.63, 3.8) is 0 Å². The number of rotatable bonds is 5. The molecular weight excluding hydrogens is 266 g/mol. The molecule has 5 heteroatoms. The maximum atomic E-state index is 11.9. The van der Waals surface area contributed by atoms with Gasteiger partial charge in [0.2, 0.25) is 5.91 Å². The van der Waals surface area contributed by atoms with Gasteiger partial charge in [-0.3, -0.25) is 9.59 Å². The number of hydrogen-bond acceptors (Lipinski definition) is 2. The van der Waals surface area contributed by atoms with Crippen LogP contribution in [-0.4, -0.2) is 17.0 Å². The summed E-state index contributed by atoms with van der Waals surface area (Å²) in [5.41, 5.74) is 0.763. The number of carboxylic acid groups (broad SMARTS) is 1. The highest BCUT2D eigenvalue weighted by Crippen LogP contribution is 2.28. The van der Waals surface area contributed by atoms with Crippen LogP contribution in [-0.2, 0) is 9.59 Å². The molecule has 4 nitrogen and oxygen atoms in total. The number of carbonyl (C=O) groups is 2. The Labute approximate surface area is 116 Å². The van der Waals surface area contributed by atoms with Gasteiger partial charge in [-0.15, -0.1) is 0 Å². The Kier molecular flexibility index (Phi) is 4.43. The molecule has 2 N–H and O–H groups in total. The highest BCUT2D eigenvalue weighted by atomic mass is 35.5. The first-order chi connectivity index (χ1) is 9.06. The van der Waals surface area contributed by atoms with Crippen molar-refractivity contribution in [3.8, 4) is 0 Å². The minimum absolute atomic E-state index is 0.0450. The molecule has 1 amide bonds. The summed E-state index contributed by atoms with van der Waals surface area (Å²) in [7, 11) is 0. The standard InChI is InChI=1S/C14H16ClNO3/c15-11-6-4-9(5-7-11)12(8-13(17)18)16-14(19)10-2-1-3-10/h4-7,10,12H,1-3,8H2,(H,16,19)(H,17,18). The topological polar surface area (TPSA) is 66.4 Å². The zero-order valence-electron chi connectivity index (χ0n) is 10.4. The summed E-state index contributed by atoms with van der Waals surface area (Å²) in [5.74, 6) is -0.940. The molecule has 1 aliphatic rings. The molecule has 1 aliphatic carbocycles. The summed E-state index contributed by atoms with van der Waals surface area (Å²) < 4.78 is 0. The Hall–Kier alpha value is -1.55. The second-order valence-electron chi connectivity index (χ2n) is 4.84. The maximum absolute atomic E-state index is 11.9. The molecule has 0 heterocycles. The van der Waals surface area contributed by atoms with Gasteiger partial charge in [-0.25, -0.2) is 0 Å². The van der Waals surface area contributed by atoms with E-state index in [9.17, 15) is 9.59 Å². The van der Waals surface area contributed by atoms with Gasteiger partial charge in [-0.1, -0.05) is 30.2 Å². The number of hydrogen-bond donors (Lipinski definition) is 2. The third kappa shape index (κ3) is 3.70. The average Bonchev–Trinajstić information content (AvgIpc) is 2.26. The minimum Gasteiger partial charge on any atom is -0.481 e. The Morgan fingerprint density at radius 1 is 1.32 bits per heavy atom.